The van der Waals surface area contributed by atoms with Crippen LogP contribution in [0.25, 0.3) is 43.8 Å². The highest BCUT2D eigenvalue weighted by Crippen LogP contribution is 2.55. The second kappa shape index (κ2) is 11.4. The molecule has 0 atom stereocenters. The predicted octanol–water partition coefficient (Wildman–Crippen LogP) is 11.6. The molecule has 256 valence electrons. The quantitative estimate of drug-likeness (QED) is 0.191. The van der Waals surface area contributed by atoms with Crippen molar-refractivity contribution in [3.63, 3.8) is 0 Å². The van der Waals surface area contributed by atoms with E-state index in [4.69, 9.17) is 14.7 Å². The number of para-hydroxylation sites is 2. The van der Waals surface area contributed by atoms with Crippen LogP contribution >= 0.6 is 0 Å². The zero-order valence-electron chi connectivity index (χ0n) is 29.6. The lowest BCUT2D eigenvalue weighted by Gasteiger charge is -2.36. The van der Waals surface area contributed by atoms with Crippen molar-refractivity contribution < 1.29 is 4.74 Å². The third kappa shape index (κ3) is 4.48. The van der Waals surface area contributed by atoms with Crippen LogP contribution in [-0.4, -0.2) is 21.6 Å². The van der Waals surface area contributed by atoms with Gasteiger partial charge in [-0.2, -0.15) is 0 Å². The zero-order chi connectivity index (χ0) is 36.0. The first kappa shape index (κ1) is 30.5. The molecule has 3 aliphatic rings. The average Bonchev–Trinajstić information content (AvgIpc) is 3.75. The number of nitrogens with zero attached hydrogens (tertiary/aromatic N) is 4. The molecule has 0 bridgehead atoms. The smallest absolute Gasteiger partial charge is 0.154 e. The Morgan fingerprint density at radius 1 is 0.463 bits per heavy atom. The number of benzene rings is 6. The summed E-state index contributed by atoms with van der Waals surface area (Å²) in [4.78, 5) is 18.6. The van der Waals surface area contributed by atoms with Gasteiger partial charge in [-0.15, -0.1) is 0 Å². The fraction of sp³-hybridized carbons (Fsp3) is 0.0638. The third-order valence-corrected chi connectivity index (χ3v) is 11.0. The predicted molar refractivity (Wildman–Crippen MR) is 219 cm³/mol. The highest BCUT2D eigenvalue weighted by Gasteiger charge is 2.38. The monoisotopic (exact) mass is 696 g/mol. The average molecular weight is 697 g/mol. The minimum absolute atomic E-state index is 0.327. The van der Waals surface area contributed by atoms with Gasteiger partial charge in [-0.25, -0.2) is 20.0 Å². The number of hydrogen-bond acceptors (Lipinski definition) is 5. The van der Waals surface area contributed by atoms with Crippen LogP contribution in [0.15, 0.2) is 156 Å². The van der Waals surface area contributed by atoms with Gasteiger partial charge in [-0.1, -0.05) is 111 Å². The van der Waals surface area contributed by atoms with Crippen molar-refractivity contribution in [2.24, 2.45) is 9.98 Å². The lowest BCUT2D eigenvalue weighted by atomic mass is 9.73. The van der Waals surface area contributed by atoms with E-state index < -0.39 is 0 Å². The number of pyridine rings is 2. The van der Waals surface area contributed by atoms with Gasteiger partial charge in [-0.3, -0.25) is 0 Å². The number of nitrogens with one attached hydrogen (secondary N) is 2. The molecule has 54 heavy (non-hydrogen) atoms. The highest BCUT2D eigenvalue weighted by atomic mass is 16.5. The Morgan fingerprint density at radius 2 is 0.926 bits per heavy atom. The molecule has 2 aromatic heterocycles. The summed E-state index contributed by atoms with van der Waals surface area (Å²) in [7, 11) is 0. The molecule has 2 N–H and O–H groups in total. The maximum absolute atomic E-state index is 7.24. The normalized spacial score (nSPS) is 15.9. The van der Waals surface area contributed by atoms with Gasteiger partial charge in [0.05, 0.1) is 0 Å². The molecular weight excluding hydrogens is 665 g/mol. The van der Waals surface area contributed by atoms with Crippen molar-refractivity contribution in [3.8, 4) is 33.8 Å². The van der Waals surface area contributed by atoms with E-state index in [2.05, 4.69) is 132 Å². The van der Waals surface area contributed by atoms with Crippen molar-refractivity contribution in [1.29, 1.82) is 0 Å². The van der Waals surface area contributed by atoms with Gasteiger partial charge in [0.15, 0.2) is 11.6 Å². The Balaban J connectivity index is 1.06. The molecule has 0 saturated heterocycles. The van der Waals surface area contributed by atoms with Crippen LogP contribution in [0.4, 0.5) is 23.0 Å². The van der Waals surface area contributed by atoms with E-state index in [-0.39, 0.29) is 5.41 Å². The Morgan fingerprint density at radius 3 is 1.39 bits per heavy atom. The number of aliphatic imine (C=N–C) groups is 2. The highest BCUT2D eigenvalue weighted by molar-refractivity contribution is 6.29. The first-order chi connectivity index (χ1) is 26.5. The van der Waals surface area contributed by atoms with Crippen LogP contribution < -0.4 is 15.4 Å². The van der Waals surface area contributed by atoms with Crippen molar-refractivity contribution in [2.75, 3.05) is 10.6 Å². The number of rotatable bonds is 4. The molecule has 0 radical (unpaired) electrons. The number of hydrogen-bond donors (Lipinski definition) is 2. The lowest BCUT2D eigenvalue weighted by Crippen LogP contribution is -2.25. The zero-order valence-corrected chi connectivity index (χ0v) is 29.6. The molecule has 0 fully saturated rings. The van der Waals surface area contributed by atoms with Gasteiger partial charge >= 0.3 is 0 Å². The van der Waals surface area contributed by atoms with E-state index in [1.807, 2.05) is 36.4 Å². The van der Waals surface area contributed by atoms with Gasteiger partial charge in [0.25, 0.3) is 0 Å². The molecule has 6 aromatic carbocycles. The molecule has 0 amide bonds. The maximum Gasteiger partial charge on any atom is 0.154 e. The first-order valence-corrected chi connectivity index (χ1v) is 18.1. The van der Waals surface area contributed by atoms with E-state index in [0.29, 0.717) is 11.6 Å². The van der Waals surface area contributed by atoms with Gasteiger partial charge < -0.3 is 15.4 Å². The van der Waals surface area contributed by atoms with Crippen molar-refractivity contribution >= 4 is 56.2 Å². The van der Waals surface area contributed by atoms with Crippen LogP contribution in [0, 0.1) is 0 Å². The Bertz CT molecular complexity index is 2730. The molecule has 0 unspecified atom stereocenters. The number of fused-ring (bicyclic) bond motifs is 2. The van der Waals surface area contributed by atoms with E-state index >= 15 is 0 Å². The van der Waals surface area contributed by atoms with Gasteiger partial charge in [-0.05, 0) is 58.3 Å². The van der Waals surface area contributed by atoms with Gasteiger partial charge in [0, 0.05) is 73.3 Å². The summed E-state index contributed by atoms with van der Waals surface area (Å²) in [5, 5.41) is 11.7. The van der Waals surface area contributed by atoms with Crippen LogP contribution in [-0.2, 0) is 5.41 Å². The second-order valence-electron chi connectivity index (χ2n) is 14.4. The molecule has 8 aromatic rings. The number of aromatic nitrogens is 2. The summed E-state index contributed by atoms with van der Waals surface area (Å²) in [6.07, 6.45) is 3.53. The number of amidine groups is 2. The standard InChI is InChI=1S/C47H32N6O/c1-47(2)35-17-9-13-31(27-21-23-37-41-29(27)11-7-15-33(41)45(50-37)52-39-19-3-5-25-48-39)43(35)54-44-32(14-10-18-36(44)47)28-22-24-38-42-30(28)12-8-16-34(42)46(51-38)53-40-20-4-6-26-49-40/h3-26H,1-2H3,(H,48,50,52)(H,49,51,53). The Hall–Kier alpha value is -7.12. The van der Waals surface area contributed by atoms with Crippen molar-refractivity contribution in [1.82, 2.24) is 9.97 Å². The molecule has 7 nitrogen and oxygen atoms in total. The summed E-state index contributed by atoms with van der Waals surface area (Å²) in [5.74, 6) is 4.70. The second-order valence-corrected chi connectivity index (χ2v) is 14.4. The molecular formula is C47H32N6O. The van der Waals surface area contributed by atoms with Gasteiger partial charge in [0.1, 0.15) is 23.2 Å². The number of anilines is 2. The minimum Gasteiger partial charge on any atom is -0.455 e. The van der Waals surface area contributed by atoms with Crippen molar-refractivity contribution in [2.45, 2.75) is 19.3 Å². The summed E-state index contributed by atoms with van der Waals surface area (Å²) in [6.45, 7) is 4.60. The largest absolute Gasteiger partial charge is 0.455 e. The fourth-order valence-electron chi connectivity index (χ4n) is 8.47. The number of ether oxygens (including phenoxy) is 1. The van der Waals surface area contributed by atoms with Crippen LogP contribution in [0.5, 0.6) is 11.5 Å². The lowest BCUT2D eigenvalue weighted by molar-refractivity contribution is 0.421. The Kier molecular flexibility index (Phi) is 6.46. The van der Waals surface area contributed by atoms with E-state index in [1.165, 1.54) is 0 Å². The molecule has 7 heteroatoms. The fourth-order valence-corrected chi connectivity index (χ4v) is 8.47. The Labute approximate surface area is 311 Å². The minimum atomic E-state index is -0.327. The molecule has 11 rings (SSSR count). The SMILES string of the molecule is CC1(C)c2cccc(-c3ccc4c5c(cccc35)/C(=N/c3ccccn3)N4)c2Oc2c(-c3ccc4c5c(cccc35)/C(=N/c3ccccn3)N4)cccc21. The molecule has 0 spiro atoms. The van der Waals surface area contributed by atoms with E-state index in [1.54, 1.807) is 12.4 Å². The van der Waals surface area contributed by atoms with Crippen LogP contribution in [0.3, 0.4) is 0 Å². The summed E-state index contributed by atoms with van der Waals surface area (Å²) in [6, 6.07) is 46.2. The maximum atomic E-state index is 7.24. The summed E-state index contributed by atoms with van der Waals surface area (Å²) >= 11 is 0. The molecule has 3 aliphatic heterocycles. The van der Waals surface area contributed by atoms with Crippen molar-refractivity contribution in [3.05, 3.63) is 168 Å². The van der Waals surface area contributed by atoms with Gasteiger partial charge in [0.2, 0.25) is 0 Å². The topological polar surface area (TPSA) is 83.8 Å². The molecule has 5 heterocycles. The third-order valence-electron chi connectivity index (χ3n) is 11.0. The molecule has 0 aliphatic carbocycles. The molecule has 0 saturated carbocycles. The van der Waals surface area contributed by atoms with E-state index in [0.717, 1.165) is 101 Å². The summed E-state index contributed by atoms with van der Waals surface area (Å²) < 4.78 is 7.24. The van der Waals surface area contributed by atoms with Crippen LogP contribution in [0.2, 0.25) is 0 Å². The van der Waals surface area contributed by atoms with E-state index in [9.17, 15) is 0 Å². The first-order valence-electron chi connectivity index (χ1n) is 18.1. The van der Waals surface area contributed by atoms with Crippen LogP contribution in [0.1, 0.15) is 36.1 Å². The summed E-state index contributed by atoms with van der Waals surface area (Å²) in [5.41, 5.74) is 10.5.